The number of aromatic nitrogens is 2. The molecule has 0 saturated carbocycles. The number of benzene rings is 1. The van der Waals surface area contributed by atoms with E-state index in [0.717, 1.165) is 11.1 Å². The van der Waals surface area contributed by atoms with Crippen LogP contribution in [0.2, 0.25) is 0 Å². The highest BCUT2D eigenvalue weighted by Crippen LogP contribution is 2.28. The fourth-order valence-corrected chi connectivity index (χ4v) is 2.32. The van der Waals surface area contributed by atoms with Gasteiger partial charge in [-0.1, -0.05) is 11.2 Å². The summed E-state index contributed by atoms with van der Waals surface area (Å²) >= 11 is 0. The highest BCUT2D eigenvalue weighted by atomic mass is 16.5. The lowest BCUT2D eigenvalue weighted by molar-refractivity contribution is 0.0914. The summed E-state index contributed by atoms with van der Waals surface area (Å²) in [7, 11) is 1.58. The smallest absolute Gasteiger partial charge is 0.290 e. The molecule has 26 heavy (non-hydrogen) atoms. The van der Waals surface area contributed by atoms with E-state index >= 15 is 0 Å². The third-order valence-corrected chi connectivity index (χ3v) is 3.68. The summed E-state index contributed by atoms with van der Waals surface area (Å²) in [6.45, 7) is 2.51. The number of ether oxygens (including phenoxy) is 2. The Balaban J connectivity index is 1.61. The van der Waals surface area contributed by atoms with Crippen molar-refractivity contribution in [3.63, 3.8) is 0 Å². The van der Waals surface area contributed by atoms with Gasteiger partial charge in [0.05, 0.1) is 12.8 Å². The van der Waals surface area contributed by atoms with Crippen LogP contribution in [0.5, 0.6) is 11.5 Å². The number of aryl methyl sites for hydroxylation is 1. The second kappa shape index (κ2) is 8.15. The Kier molecular flexibility index (Phi) is 5.48. The highest BCUT2D eigenvalue weighted by molar-refractivity contribution is 5.91. The molecular weight excluding hydrogens is 334 g/mol. The van der Waals surface area contributed by atoms with Crippen LogP contribution >= 0.6 is 0 Å². The first-order chi connectivity index (χ1) is 12.7. The van der Waals surface area contributed by atoms with Crippen molar-refractivity contribution in [1.82, 2.24) is 15.5 Å². The lowest BCUT2D eigenvalue weighted by atomic mass is 10.2. The Hall–Kier alpha value is -3.35. The number of methoxy groups -OCH3 is 1. The molecule has 0 aliphatic heterocycles. The molecule has 7 nitrogen and oxygen atoms in total. The topological polar surface area (TPSA) is 86.5 Å². The van der Waals surface area contributed by atoms with Crippen molar-refractivity contribution < 1.29 is 18.8 Å². The van der Waals surface area contributed by atoms with Crippen LogP contribution in [0.15, 0.2) is 53.3 Å². The molecule has 0 saturated heterocycles. The molecule has 0 radical (unpaired) electrons. The molecule has 2 heterocycles. The number of hydrogen-bond acceptors (Lipinski definition) is 6. The maximum atomic E-state index is 12.0. The SMILES string of the molecule is COc1cc(CNC(=O)c2cc(C)no2)ccc1OCc1ccncc1. The van der Waals surface area contributed by atoms with Crippen molar-refractivity contribution in [3.05, 3.63) is 71.4 Å². The zero-order valence-corrected chi connectivity index (χ0v) is 14.6. The summed E-state index contributed by atoms with van der Waals surface area (Å²) in [4.78, 5) is 16.0. The van der Waals surface area contributed by atoms with Gasteiger partial charge in [0, 0.05) is 25.0 Å². The molecule has 134 valence electrons. The van der Waals surface area contributed by atoms with Crippen molar-refractivity contribution in [2.75, 3.05) is 7.11 Å². The zero-order chi connectivity index (χ0) is 18.4. The molecule has 2 aromatic heterocycles. The highest BCUT2D eigenvalue weighted by Gasteiger charge is 2.12. The fraction of sp³-hybridized carbons (Fsp3) is 0.211. The predicted octanol–water partition coefficient (Wildman–Crippen LogP) is 2.90. The van der Waals surface area contributed by atoms with Crippen molar-refractivity contribution in [2.45, 2.75) is 20.1 Å². The van der Waals surface area contributed by atoms with E-state index < -0.39 is 0 Å². The number of amides is 1. The quantitative estimate of drug-likeness (QED) is 0.703. The molecule has 1 N–H and O–H groups in total. The fourth-order valence-electron chi connectivity index (χ4n) is 2.32. The molecule has 1 amide bonds. The summed E-state index contributed by atoms with van der Waals surface area (Å²) in [6, 6.07) is 10.9. The van der Waals surface area contributed by atoms with E-state index in [9.17, 15) is 4.79 Å². The van der Waals surface area contributed by atoms with Gasteiger partial charge in [-0.05, 0) is 42.3 Å². The zero-order valence-electron chi connectivity index (χ0n) is 14.6. The monoisotopic (exact) mass is 353 g/mol. The number of rotatable bonds is 7. The van der Waals surface area contributed by atoms with Crippen LogP contribution in [-0.4, -0.2) is 23.2 Å². The number of carbonyl (C=O) groups excluding carboxylic acids is 1. The first kappa shape index (κ1) is 17.5. The second-order valence-electron chi connectivity index (χ2n) is 5.64. The van der Waals surface area contributed by atoms with E-state index in [0.29, 0.717) is 30.3 Å². The third kappa shape index (κ3) is 4.38. The number of nitrogens with zero attached hydrogens (tertiary/aromatic N) is 2. The Morgan fingerprint density at radius 2 is 1.92 bits per heavy atom. The molecule has 0 aliphatic rings. The minimum atomic E-state index is -0.317. The summed E-state index contributed by atoms with van der Waals surface area (Å²) in [5, 5.41) is 6.48. The number of pyridine rings is 1. The molecule has 0 fully saturated rings. The van der Waals surface area contributed by atoms with Crippen LogP contribution in [0.25, 0.3) is 0 Å². The first-order valence-electron chi connectivity index (χ1n) is 8.06. The molecule has 7 heteroatoms. The van der Waals surface area contributed by atoms with Gasteiger partial charge in [-0.2, -0.15) is 0 Å². The molecule has 1 aromatic carbocycles. The Morgan fingerprint density at radius 1 is 1.12 bits per heavy atom. The molecular formula is C19H19N3O4. The second-order valence-corrected chi connectivity index (χ2v) is 5.64. The van der Waals surface area contributed by atoms with Crippen molar-refractivity contribution in [2.24, 2.45) is 0 Å². The van der Waals surface area contributed by atoms with Crippen LogP contribution in [0.4, 0.5) is 0 Å². The summed E-state index contributed by atoms with van der Waals surface area (Å²) in [5.74, 6) is 1.10. The van der Waals surface area contributed by atoms with Gasteiger partial charge in [0.25, 0.3) is 5.91 Å². The van der Waals surface area contributed by atoms with Gasteiger partial charge in [0.15, 0.2) is 11.5 Å². The molecule has 3 rings (SSSR count). The van der Waals surface area contributed by atoms with Gasteiger partial charge in [0.1, 0.15) is 6.61 Å². The summed E-state index contributed by atoms with van der Waals surface area (Å²) < 4.78 is 16.1. The van der Waals surface area contributed by atoms with Crippen LogP contribution in [0.1, 0.15) is 27.4 Å². The van der Waals surface area contributed by atoms with E-state index in [1.165, 1.54) is 0 Å². The minimum absolute atomic E-state index is 0.187. The van der Waals surface area contributed by atoms with Crippen LogP contribution in [0, 0.1) is 6.92 Å². The van der Waals surface area contributed by atoms with E-state index in [2.05, 4.69) is 15.5 Å². The lowest BCUT2D eigenvalue weighted by Crippen LogP contribution is -2.22. The predicted molar refractivity (Wildman–Crippen MR) is 94.0 cm³/mol. The number of hydrogen-bond donors (Lipinski definition) is 1. The van der Waals surface area contributed by atoms with Crippen LogP contribution in [-0.2, 0) is 13.2 Å². The van der Waals surface area contributed by atoms with Gasteiger partial charge >= 0.3 is 0 Å². The van der Waals surface area contributed by atoms with E-state index in [4.69, 9.17) is 14.0 Å². The molecule has 0 spiro atoms. The average molecular weight is 353 g/mol. The van der Waals surface area contributed by atoms with E-state index in [1.54, 1.807) is 32.5 Å². The molecule has 0 aliphatic carbocycles. The molecule has 3 aromatic rings. The first-order valence-corrected chi connectivity index (χ1v) is 8.06. The van der Waals surface area contributed by atoms with Crippen LogP contribution < -0.4 is 14.8 Å². The minimum Gasteiger partial charge on any atom is -0.493 e. The summed E-state index contributed by atoms with van der Waals surface area (Å²) in [5.41, 5.74) is 2.55. The molecule has 0 atom stereocenters. The lowest BCUT2D eigenvalue weighted by Gasteiger charge is -2.12. The van der Waals surface area contributed by atoms with Gasteiger partial charge in [0.2, 0.25) is 5.76 Å². The maximum Gasteiger partial charge on any atom is 0.290 e. The van der Waals surface area contributed by atoms with Crippen LogP contribution in [0.3, 0.4) is 0 Å². The van der Waals surface area contributed by atoms with Gasteiger partial charge in [-0.3, -0.25) is 9.78 Å². The van der Waals surface area contributed by atoms with Gasteiger partial charge < -0.3 is 19.3 Å². The van der Waals surface area contributed by atoms with E-state index in [-0.39, 0.29) is 11.7 Å². The van der Waals surface area contributed by atoms with Crippen molar-refractivity contribution in [3.8, 4) is 11.5 Å². The molecule has 0 unspecified atom stereocenters. The van der Waals surface area contributed by atoms with Gasteiger partial charge in [-0.15, -0.1) is 0 Å². The third-order valence-electron chi connectivity index (χ3n) is 3.68. The van der Waals surface area contributed by atoms with E-state index in [1.807, 2.05) is 30.3 Å². The van der Waals surface area contributed by atoms with Crippen molar-refractivity contribution >= 4 is 5.91 Å². The Bertz CT molecular complexity index is 878. The average Bonchev–Trinajstić information content (AvgIpc) is 3.12. The Morgan fingerprint density at radius 3 is 2.62 bits per heavy atom. The maximum absolute atomic E-state index is 12.0. The number of carbonyl (C=O) groups is 1. The van der Waals surface area contributed by atoms with Gasteiger partial charge in [-0.25, -0.2) is 0 Å². The summed E-state index contributed by atoms with van der Waals surface area (Å²) in [6.07, 6.45) is 3.44. The standard InChI is InChI=1S/C19H19N3O4/c1-13-9-18(26-22-13)19(23)21-11-15-3-4-16(17(10-15)24-2)25-12-14-5-7-20-8-6-14/h3-10H,11-12H2,1-2H3,(H,21,23). The molecule has 0 bridgehead atoms. The Labute approximate surface area is 150 Å². The largest absolute Gasteiger partial charge is 0.493 e. The number of nitrogens with one attached hydrogen (secondary N) is 1. The normalized spacial score (nSPS) is 10.4. The van der Waals surface area contributed by atoms with Crippen molar-refractivity contribution in [1.29, 1.82) is 0 Å².